The van der Waals surface area contributed by atoms with E-state index in [1.165, 1.54) is 11.6 Å². The van der Waals surface area contributed by atoms with E-state index in [-0.39, 0.29) is 23.9 Å². The average molecular weight is 330 g/mol. The maximum absolute atomic E-state index is 13.7. The van der Waals surface area contributed by atoms with Gasteiger partial charge in [-0.05, 0) is 35.7 Å². The summed E-state index contributed by atoms with van der Waals surface area (Å²) in [5.74, 6) is -0.414. The van der Waals surface area contributed by atoms with Crippen LogP contribution < -0.4 is 4.74 Å². The van der Waals surface area contributed by atoms with Crippen molar-refractivity contribution in [1.29, 1.82) is 0 Å². The lowest BCUT2D eigenvalue weighted by Gasteiger charge is -2.07. The predicted molar refractivity (Wildman–Crippen MR) is 84.5 cm³/mol. The number of aromatic nitrogens is 2. The van der Waals surface area contributed by atoms with Crippen LogP contribution in [0.1, 0.15) is 31.2 Å². The minimum Gasteiger partial charge on any atom is -0.485 e. The Balaban J connectivity index is 1.70. The number of benzene rings is 2. The quantitative estimate of drug-likeness (QED) is 0.679. The van der Waals surface area contributed by atoms with Gasteiger partial charge in [0, 0.05) is 0 Å². The zero-order valence-corrected chi connectivity index (χ0v) is 13.3. The first-order chi connectivity index (χ1) is 11.5. The summed E-state index contributed by atoms with van der Waals surface area (Å²) < 4.78 is 37.9. The molecule has 24 heavy (non-hydrogen) atoms. The summed E-state index contributed by atoms with van der Waals surface area (Å²) in [5, 5.41) is 3.69. The fourth-order valence-corrected chi connectivity index (χ4v) is 2.21. The Morgan fingerprint density at radius 2 is 1.71 bits per heavy atom. The molecule has 0 amide bonds. The van der Waals surface area contributed by atoms with E-state index in [1.807, 2.05) is 24.3 Å². The normalized spacial score (nSPS) is 11.0. The molecule has 0 unspecified atom stereocenters. The summed E-state index contributed by atoms with van der Waals surface area (Å²) >= 11 is 0. The van der Waals surface area contributed by atoms with Gasteiger partial charge in [-0.25, -0.2) is 8.78 Å². The standard InChI is InChI=1S/C18H16F2N2O2/c1-11(2)12-6-8-13(9-7-12)23-10-16-21-18(24-22-16)17-14(19)4-3-5-15(17)20/h3-9,11H,10H2,1-2H3. The topological polar surface area (TPSA) is 48.2 Å². The van der Waals surface area contributed by atoms with Gasteiger partial charge in [0.1, 0.15) is 22.9 Å². The van der Waals surface area contributed by atoms with E-state index in [9.17, 15) is 8.78 Å². The van der Waals surface area contributed by atoms with Crippen LogP contribution in [-0.4, -0.2) is 10.1 Å². The zero-order valence-electron chi connectivity index (χ0n) is 13.3. The van der Waals surface area contributed by atoms with Gasteiger partial charge in [0.05, 0.1) is 0 Å². The summed E-state index contributed by atoms with van der Waals surface area (Å²) in [6, 6.07) is 11.2. The molecule has 6 heteroatoms. The smallest absolute Gasteiger partial charge is 0.264 e. The molecular weight excluding hydrogens is 314 g/mol. The molecule has 0 bridgehead atoms. The second kappa shape index (κ2) is 6.78. The molecule has 0 aliphatic rings. The summed E-state index contributed by atoms with van der Waals surface area (Å²) in [6.07, 6.45) is 0. The van der Waals surface area contributed by atoms with Crippen molar-refractivity contribution < 1.29 is 18.0 Å². The lowest BCUT2D eigenvalue weighted by Crippen LogP contribution is -1.98. The number of halogens is 2. The minimum absolute atomic E-state index is 0.0423. The maximum Gasteiger partial charge on any atom is 0.264 e. The average Bonchev–Trinajstić information content (AvgIpc) is 3.02. The first kappa shape index (κ1) is 16.1. The van der Waals surface area contributed by atoms with Crippen molar-refractivity contribution in [3.63, 3.8) is 0 Å². The highest BCUT2D eigenvalue weighted by Crippen LogP contribution is 2.24. The van der Waals surface area contributed by atoms with E-state index in [2.05, 4.69) is 24.0 Å². The Morgan fingerprint density at radius 3 is 2.33 bits per heavy atom. The molecule has 0 atom stereocenters. The molecule has 2 aromatic carbocycles. The number of nitrogens with zero attached hydrogens (tertiary/aromatic N) is 2. The largest absolute Gasteiger partial charge is 0.485 e. The van der Waals surface area contributed by atoms with Crippen LogP contribution >= 0.6 is 0 Å². The fourth-order valence-electron chi connectivity index (χ4n) is 2.21. The highest BCUT2D eigenvalue weighted by molar-refractivity contribution is 5.54. The van der Waals surface area contributed by atoms with Crippen LogP contribution in [0.3, 0.4) is 0 Å². The monoisotopic (exact) mass is 330 g/mol. The molecule has 0 spiro atoms. The first-order valence-electron chi connectivity index (χ1n) is 7.54. The van der Waals surface area contributed by atoms with Gasteiger partial charge in [0.15, 0.2) is 6.61 Å². The SMILES string of the molecule is CC(C)c1ccc(OCc2noc(-c3c(F)cccc3F)n2)cc1. The summed E-state index contributed by atoms with van der Waals surface area (Å²) in [6.45, 7) is 4.26. The van der Waals surface area contributed by atoms with Crippen molar-refractivity contribution in [2.45, 2.75) is 26.4 Å². The van der Waals surface area contributed by atoms with E-state index in [4.69, 9.17) is 9.26 Å². The highest BCUT2D eigenvalue weighted by Gasteiger charge is 2.18. The molecule has 0 saturated heterocycles. The van der Waals surface area contributed by atoms with Gasteiger partial charge in [0.2, 0.25) is 5.82 Å². The van der Waals surface area contributed by atoms with Crippen LogP contribution in [0.25, 0.3) is 11.5 Å². The van der Waals surface area contributed by atoms with Crippen molar-refractivity contribution in [3.8, 4) is 17.2 Å². The number of rotatable bonds is 5. The zero-order chi connectivity index (χ0) is 17.1. The number of hydrogen-bond acceptors (Lipinski definition) is 4. The Kier molecular flexibility index (Phi) is 4.55. The van der Waals surface area contributed by atoms with Gasteiger partial charge in [-0.1, -0.05) is 37.2 Å². The van der Waals surface area contributed by atoms with E-state index in [0.717, 1.165) is 12.1 Å². The Labute approximate surface area is 138 Å². The first-order valence-corrected chi connectivity index (χ1v) is 7.54. The van der Waals surface area contributed by atoms with E-state index < -0.39 is 11.6 Å². The van der Waals surface area contributed by atoms with Gasteiger partial charge in [-0.15, -0.1) is 0 Å². The van der Waals surface area contributed by atoms with Gasteiger partial charge in [-0.3, -0.25) is 0 Å². The van der Waals surface area contributed by atoms with Crippen LogP contribution in [0.15, 0.2) is 47.0 Å². The molecule has 1 aromatic heterocycles. The lowest BCUT2D eigenvalue weighted by atomic mass is 10.0. The van der Waals surface area contributed by atoms with Crippen LogP contribution in [0.4, 0.5) is 8.78 Å². The van der Waals surface area contributed by atoms with Crippen LogP contribution in [0, 0.1) is 11.6 Å². The molecule has 0 aliphatic heterocycles. The van der Waals surface area contributed by atoms with Gasteiger partial charge in [-0.2, -0.15) is 4.98 Å². The van der Waals surface area contributed by atoms with Gasteiger partial charge >= 0.3 is 0 Å². The Bertz CT molecular complexity index is 809. The van der Waals surface area contributed by atoms with Crippen LogP contribution in [0.2, 0.25) is 0 Å². The Hall–Kier alpha value is -2.76. The van der Waals surface area contributed by atoms with E-state index in [0.29, 0.717) is 11.7 Å². The second-order valence-corrected chi connectivity index (χ2v) is 5.62. The highest BCUT2D eigenvalue weighted by atomic mass is 19.1. The van der Waals surface area contributed by atoms with Crippen molar-refractivity contribution in [3.05, 3.63) is 65.5 Å². The predicted octanol–water partition coefficient (Wildman–Crippen LogP) is 4.72. The van der Waals surface area contributed by atoms with Crippen LogP contribution in [-0.2, 0) is 6.61 Å². The maximum atomic E-state index is 13.7. The third-order valence-corrected chi connectivity index (χ3v) is 3.56. The third-order valence-electron chi connectivity index (χ3n) is 3.56. The van der Waals surface area contributed by atoms with Crippen molar-refractivity contribution in [2.75, 3.05) is 0 Å². The summed E-state index contributed by atoms with van der Waals surface area (Å²) in [4.78, 5) is 3.98. The molecule has 0 saturated carbocycles. The van der Waals surface area contributed by atoms with Crippen LogP contribution in [0.5, 0.6) is 5.75 Å². The molecule has 1 heterocycles. The molecule has 4 nitrogen and oxygen atoms in total. The molecule has 0 aliphatic carbocycles. The molecule has 0 N–H and O–H groups in total. The third kappa shape index (κ3) is 3.42. The molecule has 0 fully saturated rings. The second-order valence-electron chi connectivity index (χ2n) is 5.62. The Morgan fingerprint density at radius 1 is 1.04 bits per heavy atom. The van der Waals surface area contributed by atoms with E-state index >= 15 is 0 Å². The fraction of sp³-hybridized carbons (Fsp3) is 0.222. The minimum atomic E-state index is -0.754. The van der Waals surface area contributed by atoms with Gasteiger partial charge in [0.25, 0.3) is 5.89 Å². The van der Waals surface area contributed by atoms with Crippen molar-refractivity contribution in [2.24, 2.45) is 0 Å². The van der Waals surface area contributed by atoms with Crippen molar-refractivity contribution in [1.82, 2.24) is 10.1 Å². The molecule has 124 valence electrons. The van der Waals surface area contributed by atoms with Gasteiger partial charge < -0.3 is 9.26 Å². The summed E-state index contributed by atoms with van der Waals surface area (Å²) in [7, 11) is 0. The summed E-state index contributed by atoms with van der Waals surface area (Å²) in [5.41, 5.74) is 0.872. The number of hydrogen-bond donors (Lipinski definition) is 0. The lowest BCUT2D eigenvalue weighted by molar-refractivity contribution is 0.287. The molecule has 3 rings (SSSR count). The molecule has 0 radical (unpaired) electrons. The molecule has 3 aromatic rings. The molecular formula is C18H16F2N2O2. The number of ether oxygens (including phenoxy) is 1. The van der Waals surface area contributed by atoms with E-state index in [1.54, 1.807) is 0 Å². The van der Waals surface area contributed by atoms with Crippen molar-refractivity contribution >= 4 is 0 Å².